The highest BCUT2D eigenvalue weighted by Gasteiger charge is 2.52. The first-order valence-corrected chi connectivity index (χ1v) is 10.7. The first-order valence-electron chi connectivity index (χ1n) is 9.85. The SMILES string of the molecule is C[C@@]12CCC(=O)N1c1ccccc1C(=O)N2CCC(=O)Nc1nnc(C2CC2)s1. The van der Waals surface area contributed by atoms with Crippen molar-refractivity contribution in [3.05, 3.63) is 34.8 Å². The second-order valence-electron chi connectivity index (χ2n) is 7.94. The quantitative estimate of drug-likeness (QED) is 0.816. The summed E-state index contributed by atoms with van der Waals surface area (Å²) in [5.74, 6) is 0.141. The Balaban J connectivity index is 1.32. The van der Waals surface area contributed by atoms with E-state index in [0.29, 0.717) is 35.1 Å². The molecular weight excluding hydrogens is 390 g/mol. The highest BCUT2D eigenvalue weighted by atomic mass is 32.1. The Morgan fingerprint density at radius 1 is 1.28 bits per heavy atom. The molecule has 1 atom stereocenters. The fourth-order valence-electron chi connectivity index (χ4n) is 4.22. The molecule has 150 valence electrons. The normalized spacial score (nSPS) is 23.2. The van der Waals surface area contributed by atoms with Crippen LogP contribution in [-0.4, -0.2) is 45.0 Å². The number of carbonyl (C=O) groups excluding carboxylic acids is 3. The lowest BCUT2D eigenvalue weighted by molar-refractivity contribution is -0.117. The van der Waals surface area contributed by atoms with Crippen molar-refractivity contribution < 1.29 is 14.4 Å². The van der Waals surface area contributed by atoms with Crippen LogP contribution in [-0.2, 0) is 9.59 Å². The second kappa shape index (κ2) is 6.62. The van der Waals surface area contributed by atoms with Gasteiger partial charge < -0.3 is 10.2 Å². The van der Waals surface area contributed by atoms with Crippen LogP contribution in [0.25, 0.3) is 0 Å². The lowest BCUT2D eigenvalue weighted by atomic mass is 9.98. The third-order valence-corrected chi connectivity index (χ3v) is 6.92. The highest BCUT2D eigenvalue weighted by molar-refractivity contribution is 7.15. The van der Waals surface area contributed by atoms with E-state index >= 15 is 0 Å². The van der Waals surface area contributed by atoms with Gasteiger partial charge in [-0.1, -0.05) is 23.5 Å². The van der Waals surface area contributed by atoms with E-state index in [9.17, 15) is 14.4 Å². The number of carbonyl (C=O) groups is 3. The molecule has 8 nitrogen and oxygen atoms in total. The smallest absolute Gasteiger partial charge is 0.257 e. The van der Waals surface area contributed by atoms with E-state index in [-0.39, 0.29) is 30.7 Å². The van der Waals surface area contributed by atoms with Crippen LogP contribution in [0.4, 0.5) is 10.8 Å². The van der Waals surface area contributed by atoms with Crippen molar-refractivity contribution in [3.63, 3.8) is 0 Å². The highest BCUT2D eigenvalue weighted by Crippen LogP contribution is 2.44. The molecule has 3 amide bonds. The van der Waals surface area contributed by atoms with E-state index in [1.807, 2.05) is 19.1 Å². The maximum atomic E-state index is 13.2. The molecule has 0 bridgehead atoms. The molecule has 1 aliphatic carbocycles. The maximum Gasteiger partial charge on any atom is 0.257 e. The second-order valence-corrected chi connectivity index (χ2v) is 8.95. The molecule has 1 saturated carbocycles. The summed E-state index contributed by atoms with van der Waals surface area (Å²) < 4.78 is 0. The van der Waals surface area contributed by atoms with Crippen molar-refractivity contribution in [2.75, 3.05) is 16.8 Å². The first-order chi connectivity index (χ1) is 14.0. The Labute approximate surface area is 171 Å². The number of hydrogen-bond donors (Lipinski definition) is 1. The summed E-state index contributed by atoms with van der Waals surface area (Å²) in [4.78, 5) is 41.6. The zero-order valence-corrected chi connectivity index (χ0v) is 16.9. The third-order valence-electron chi connectivity index (χ3n) is 5.92. The lowest BCUT2D eigenvalue weighted by Crippen LogP contribution is -2.62. The number of aromatic nitrogens is 2. The molecule has 0 radical (unpaired) electrons. The molecule has 0 spiro atoms. The molecule has 3 heterocycles. The number of rotatable bonds is 5. The van der Waals surface area contributed by atoms with Gasteiger partial charge in [0.15, 0.2) is 0 Å². The zero-order chi connectivity index (χ0) is 20.2. The predicted molar refractivity (Wildman–Crippen MR) is 108 cm³/mol. The number of amides is 3. The lowest BCUT2D eigenvalue weighted by Gasteiger charge is -2.48. The van der Waals surface area contributed by atoms with Gasteiger partial charge in [-0.2, -0.15) is 0 Å². The van der Waals surface area contributed by atoms with E-state index in [2.05, 4.69) is 15.5 Å². The van der Waals surface area contributed by atoms with Gasteiger partial charge in [-0.3, -0.25) is 19.3 Å². The fraction of sp³-hybridized carbons (Fsp3) is 0.450. The maximum absolute atomic E-state index is 13.2. The average molecular weight is 411 g/mol. The Bertz CT molecular complexity index is 1020. The van der Waals surface area contributed by atoms with Crippen LogP contribution in [0.15, 0.2) is 24.3 Å². The minimum Gasteiger partial charge on any atom is -0.315 e. The minimum atomic E-state index is -0.745. The molecular formula is C20H21N5O3S. The van der Waals surface area contributed by atoms with Gasteiger partial charge in [-0.25, -0.2) is 0 Å². The molecule has 9 heteroatoms. The van der Waals surface area contributed by atoms with Crippen LogP contribution >= 0.6 is 11.3 Å². The van der Waals surface area contributed by atoms with Gasteiger partial charge in [0.2, 0.25) is 16.9 Å². The van der Waals surface area contributed by atoms with Crippen LogP contribution in [0.2, 0.25) is 0 Å². The van der Waals surface area contributed by atoms with Crippen molar-refractivity contribution in [1.29, 1.82) is 0 Å². The van der Waals surface area contributed by atoms with Crippen molar-refractivity contribution in [1.82, 2.24) is 15.1 Å². The molecule has 3 aliphatic rings. The number of hydrogen-bond acceptors (Lipinski definition) is 6. The van der Waals surface area contributed by atoms with Gasteiger partial charge in [0.05, 0.1) is 11.3 Å². The zero-order valence-electron chi connectivity index (χ0n) is 16.1. The molecule has 1 aromatic heterocycles. The van der Waals surface area contributed by atoms with Crippen LogP contribution in [0.5, 0.6) is 0 Å². The molecule has 1 aromatic carbocycles. The van der Waals surface area contributed by atoms with E-state index < -0.39 is 5.66 Å². The number of para-hydroxylation sites is 1. The summed E-state index contributed by atoms with van der Waals surface area (Å²) in [6.07, 6.45) is 3.33. The van der Waals surface area contributed by atoms with Crippen molar-refractivity contribution in [2.24, 2.45) is 0 Å². The van der Waals surface area contributed by atoms with Crippen molar-refractivity contribution in [2.45, 2.75) is 50.6 Å². The number of nitrogens with one attached hydrogen (secondary N) is 1. The topological polar surface area (TPSA) is 95.5 Å². The molecule has 29 heavy (non-hydrogen) atoms. The van der Waals surface area contributed by atoms with E-state index in [0.717, 1.165) is 17.8 Å². The predicted octanol–water partition coefficient (Wildman–Crippen LogP) is 2.74. The average Bonchev–Trinajstić information content (AvgIpc) is 3.37. The summed E-state index contributed by atoms with van der Waals surface area (Å²) in [7, 11) is 0. The number of fused-ring (bicyclic) bond motifs is 3. The van der Waals surface area contributed by atoms with E-state index in [4.69, 9.17) is 0 Å². The Morgan fingerprint density at radius 3 is 2.86 bits per heavy atom. The molecule has 5 rings (SSSR count). The minimum absolute atomic E-state index is 0.00312. The molecule has 1 N–H and O–H groups in total. The van der Waals surface area contributed by atoms with Gasteiger partial charge in [0.25, 0.3) is 5.91 Å². The number of anilines is 2. The van der Waals surface area contributed by atoms with Crippen LogP contribution < -0.4 is 10.2 Å². The summed E-state index contributed by atoms with van der Waals surface area (Å²) in [6.45, 7) is 2.13. The molecule has 2 aromatic rings. The van der Waals surface area contributed by atoms with Crippen LogP contribution in [0.3, 0.4) is 0 Å². The standard InChI is InChI=1S/C20H21N5O3S/c1-20-10-8-16(27)25(20)14-5-3-2-4-13(14)18(28)24(20)11-9-15(26)21-19-23-22-17(29-19)12-6-7-12/h2-5,12H,6-11H2,1H3,(H,21,23,26)/t20-/m0/s1. The van der Waals surface area contributed by atoms with Crippen LogP contribution in [0.1, 0.15) is 60.3 Å². The number of nitrogens with zero attached hydrogens (tertiary/aromatic N) is 4. The Morgan fingerprint density at radius 2 is 2.07 bits per heavy atom. The first kappa shape index (κ1) is 18.2. The summed E-state index contributed by atoms with van der Waals surface area (Å²) in [5, 5.41) is 12.4. The molecule has 2 aliphatic heterocycles. The van der Waals surface area contributed by atoms with Crippen LogP contribution in [0, 0.1) is 0 Å². The number of benzene rings is 1. The molecule has 2 fully saturated rings. The summed E-state index contributed by atoms with van der Waals surface area (Å²) in [5.41, 5.74) is 0.411. The van der Waals surface area contributed by atoms with Gasteiger partial charge in [0, 0.05) is 25.3 Å². The molecule has 0 unspecified atom stereocenters. The van der Waals surface area contributed by atoms with Gasteiger partial charge in [-0.15, -0.1) is 10.2 Å². The fourth-order valence-corrected chi connectivity index (χ4v) is 5.15. The largest absolute Gasteiger partial charge is 0.315 e. The van der Waals surface area contributed by atoms with E-state index in [1.165, 1.54) is 11.3 Å². The third kappa shape index (κ3) is 3.00. The summed E-state index contributed by atoms with van der Waals surface area (Å²) in [6, 6.07) is 7.17. The monoisotopic (exact) mass is 411 g/mol. The summed E-state index contributed by atoms with van der Waals surface area (Å²) >= 11 is 1.41. The van der Waals surface area contributed by atoms with E-state index in [1.54, 1.807) is 21.9 Å². The van der Waals surface area contributed by atoms with Crippen molar-refractivity contribution in [3.8, 4) is 0 Å². The van der Waals surface area contributed by atoms with Gasteiger partial charge >= 0.3 is 0 Å². The van der Waals surface area contributed by atoms with Crippen molar-refractivity contribution >= 4 is 39.9 Å². The Kier molecular flexibility index (Phi) is 4.16. The Hall–Kier alpha value is -2.81. The molecule has 1 saturated heterocycles. The van der Waals surface area contributed by atoms with Gasteiger partial charge in [-0.05, 0) is 38.3 Å². The van der Waals surface area contributed by atoms with Gasteiger partial charge in [0.1, 0.15) is 10.7 Å².